The van der Waals surface area contributed by atoms with Gasteiger partial charge in [-0.1, -0.05) is 24.3 Å². The predicted octanol–water partition coefficient (Wildman–Crippen LogP) is 3.45. The minimum atomic E-state index is -0.202. The molecule has 2 aromatic rings. The molecule has 0 saturated carbocycles. The number of para-hydroxylation sites is 2. The van der Waals surface area contributed by atoms with Gasteiger partial charge in [0.1, 0.15) is 5.82 Å². The third-order valence-corrected chi connectivity index (χ3v) is 2.82. The Morgan fingerprint density at radius 3 is 2.44 bits per heavy atom. The Bertz CT molecular complexity index is 508. The van der Waals surface area contributed by atoms with Crippen LogP contribution in [-0.2, 0) is 6.42 Å². The fraction of sp³-hybridized carbons (Fsp3) is 0.200. The van der Waals surface area contributed by atoms with E-state index in [1.165, 1.54) is 12.1 Å². The summed E-state index contributed by atoms with van der Waals surface area (Å²) < 4.78 is 12.8. The number of hydrogen-bond acceptors (Lipinski definition) is 2. The second kappa shape index (κ2) is 5.54. The van der Waals surface area contributed by atoms with Crippen molar-refractivity contribution in [3.05, 3.63) is 59.9 Å². The summed E-state index contributed by atoms with van der Waals surface area (Å²) in [6.07, 6.45) is 0.828. The van der Waals surface area contributed by atoms with Crippen molar-refractivity contribution in [3.63, 3.8) is 0 Å². The molecular weight excluding hydrogens is 227 g/mol. The van der Waals surface area contributed by atoms with Gasteiger partial charge in [0.05, 0.1) is 11.4 Å². The van der Waals surface area contributed by atoms with Crippen LogP contribution in [0.15, 0.2) is 48.5 Å². The van der Waals surface area contributed by atoms with Crippen molar-refractivity contribution >= 4 is 11.4 Å². The van der Waals surface area contributed by atoms with E-state index < -0.39 is 0 Å². The summed E-state index contributed by atoms with van der Waals surface area (Å²) in [7, 11) is 0. The SMILES string of the molecule is CC(Cc1ccc(F)cc1)Nc1ccccc1N. The molecular formula is C15H17FN2. The van der Waals surface area contributed by atoms with E-state index in [1.54, 1.807) is 0 Å². The fourth-order valence-electron chi connectivity index (χ4n) is 1.92. The molecule has 1 atom stereocenters. The van der Waals surface area contributed by atoms with Crippen molar-refractivity contribution in [1.82, 2.24) is 0 Å². The van der Waals surface area contributed by atoms with Crippen LogP contribution in [0.5, 0.6) is 0 Å². The molecule has 0 heterocycles. The van der Waals surface area contributed by atoms with Crippen molar-refractivity contribution in [2.45, 2.75) is 19.4 Å². The van der Waals surface area contributed by atoms with Crippen LogP contribution >= 0.6 is 0 Å². The van der Waals surface area contributed by atoms with E-state index in [9.17, 15) is 4.39 Å². The maximum absolute atomic E-state index is 12.8. The number of rotatable bonds is 4. The zero-order chi connectivity index (χ0) is 13.0. The molecule has 0 fully saturated rings. The Hall–Kier alpha value is -2.03. The van der Waals surface area contributed by atoms with Crippen LogP contribution in [0.4, 0.5) is 15.8 Å². The molecule has 2 nitrogen and oxygen atoms in total. The van der Waals surface area contributed by atoms with E-state index in [4.69, 9.17) is 5.73 Å². The molecule has 2 rings (SSSR count). The highest BCUT2D eigenvalue weighted by Gasteiger charge is 2.05. The predicted molar refractivity (Wildman–Crippen MR) is 74.0 cm³/mol. The molecule has 0 aliphatic heterocycles. The third kappa shape index (κ3) is 3.23. The van der Waals surface area contributed by atoms with E-state index in [-0.39, 0.29) is 11.9 Å². The molecule has 0 bridgehead atoms. The Kier molecular flexibility index (Phi) is 3.82. The molecule has 0 aliphatic carbocycles. The lowest BCUT2D eigenvalue weighted by Gasteiger charge is -2.16. The molecule has 0 amide bonds. The average Bonchev–Trinajstić information content (AvgIpc) is 2.35. The van der Waals surface area contributed by atoms with Crippen LogP contribution in [-0.4, -0.2) is 6.04 Å². The minimum absolute atomic E-state index is 0.202. The summed E-state index contributed by atoms with van der Waals surface area (Å²) in [6.45, 7) is 2.08. The molecule has 94 valence electrons. The first-order valence-corrected chi connectivity index (χ1v) is 6.00. The summed E-state index contributed by atoms with van der Waals surface area (Å²) in [4.78, 5) is 0. The van der Waals surface area contributed by atoms with Gasteiger partial charge in [0.2, 0.25) is 0 Å². The third-order valence-electron chi connectivity index (χ3n) is 2.82. The monoisotopic (exact) mass is 244 g/mol. The number of nitrogens with one attached hydrogen (secondary N) is 1. The minimum Gasteiger partial charge on any atom is -0.397 e. The van der Waals surface area contributed by atoms with Crippen molar-refractivity contribution in [2.75, 3.05) is 11.1 Å². The number of benzene rings is 2. The topological polar surface area (TPSA) is 38.0 Å². The highest BCUT2D eigenvalue weighted by atomic mass is 19.1. The van der Waals surface area contributed by atoms with Crippen molar-refractivity contribution < 1.29 is 4.39 Å². The second-order valence-corrected chi connectivity index (χ2v) is 4.46. The molecule has 3 N–H and O–H groups in total. The lowest BCUT2D eigenvalue weighted by atomic mass is 10.1. The van der Waals surface area contributed by atoms with Gasteiger partial charge < -0.3 is 11.1 Å². The van der Waals surface area contributed by atoms with Crippen LogP contribution < -0.4 is 11.1 Å². The van der Waals surface area contributed by atoms with Gasteiger partial charge in [0.25, 0.3) is 0 Å². The quantitative estimate of drug-likeness (QED) is 0.808. The lowest BCUT2D eigenvalue weighted by Crippen LogP contribution is -2.18. The van der Waals surface area contributed by atoms with E-state index in [0.29, 0.717) is 0 Å². The molecule has 0 spiro atoms. The van der Waals surface area contributed by atoms with Gasteiger partial charge in [-0.15, -0.1) is 0 Å². The molecule has 0 saturated heterocycles. The summed E-state index contributed by atoms with van der Waals surface area (Å²) >= 11 is 0. The van der Waals surface area contributed by atoms with E-state index in [2.05, 4.69) is 12.2 Å². The summed E-state index contributed by atoms with van der Waals surface area (Å²) in [5, 5.41) is 3.35. The maximum Gasteiger partial charge on any atom is 0.123 e. The van der Waals surface area contributed by atoms with E-state index in [1.807, 2.05) is 36.4 Å². The second-order valence-electron chi connectivity index (χ2n) is 4.46. The van der Waals surface area contributed by atoms with Crippen molar-refractivity contribution in [2.24, 2.45) is 0 Å². The molecule has 18 heavy (non-hydrogen) atoms. The zero-order valence-electron chi connectivity index (χ0n) is 10.4. The molecule has 1 unspecified atom stereocenters. The van der Waals surface area contributed by atoms with Gasteiger partial charge in [-0.25, -0.2) is 4.39 Å². The van der Waals surface area contributed by atoms with Crippen LogP contribution in [0.25, 0.3) is 0 Å². The van der Waals surface area contributed by atoms with Gasteiger partial charge in [-0.3, -0.25) is 0 Å². The van der Waals surface area contributed by atoms with Gasteiger partial charge in [-0.05, 0) is 43.2 Å². The number of halogens is 1. The molecule has 0 aromatic heterocycles. The summed E-state index contributed by atoms with van der Waals surface area (Å²) in [5.41, 5.74) is 8.65. The molecule has 2 aromatic carbocycles. The Morgan fingerprint density at radius 1 is 1.11 bits per heavy atom. The number of nitrogens with two attached hydrogens (primary N) is 1. The van der Waals surface area contributed by atoms with Crippen molar-refractivity contribution in [1.29, 1.82) is 0 Å². The Labute approximate surface area is 107 Å². The highest BCUT2D eigenvalue weighted by molar-refractivity contribution is 5.65. The highest BCUT2D eigenvalue weighted by Crippen LogP contribution is 2.18. The standard InChI is InChI=1S/C15H17FN2/c1-11(10-12-6-8-13(16)9-7-12)18-15-5-3-2-4-14(15)17/h2-9,11,18H,10,17H2,1H3. The van der Waals surface area contributed by atoms with Crippen LogP contribution in [0.1, 0.15) is 12.5 Å². The average molecular weight is 244 g/mol. The maximum atomic E-state index is 12.8. The number of anilines is 2. The smallest absolute Gasteiger partial charge is 0.123 e. The fourth-order valence-corrected chi connectivity index (χ4v) is 1.92. The summed E-state index contributed by atoms with van der Waals surface area (Å²) in [6, 6.07) is 14.5. The number of nitrogen functional groups attached to an aromatic ring is 1. The van der Waals surface area contributed by atoms with Gasteiger partial charge in [-0.2, -0.15) is 0 Å². The number of hydrogen-bond donors (Lipinski definition) is 2. The molecule has 3 heteroatoms. The first kappa shape index (κ1) is 12.4. The van der Waals surface area contributed by atoms with E-state index >= 15 is 0 Å². The van der Waals surface area contributed by atoms with Crippen molar-refractivity contribution in [3.8, 4) is 0 Å². The largest absolute Gasteiger partial charge is 0.397 e. The van der Waals surface area contributed by atoms with Crippen LogP contribution in [0.3, 0.4) is 0 Å². The first-order valence-electron chi connectivity index (χ1n) is 6.00. The van der Waals surface area contributed by atoms with Gasteiger partial charge >= 0.3 is 0 Å². The Morgan fingerprint density at radius 2 is 1.78 bits per heavy atom. The van der Waals surface area contributed by atoms with E-state index in [0.717, 1.165) is 23.4 Å². The normalized spacial score (nSPS) is 12.1. The van der Waals surface area contributed by atoms with Gasteiger partial charge in [0.15, 0.2) is 0 Å². The zero-order valence-corrected chi connectivity index (χ0v) is 10.4. The first-order chi connectivity index (χ1) is 8.65. The van der Waals surface area contributed by atoms with Crippen LogP contribution in [0, 0.1) is 5.82 Å². The van der Waals surface area contributed by atoms with Gasteiger partial charge in [0, 0.05) is 6.04 Å². The molecule has 0 aliphatic rings. The Balaban J connectivity index is 1.99. The van der Waals surface area contributed by atoms with Crippen LogP contribution in [0.2, 0.25) is 0 Å². The molecule has 0 radical (unpaired) electrons. The lowest BCUT2D eigenvalue weighted by molar-refractivity contribution is 0.626. The summed E-state index contributed by atoms with van der Waals surface area (Å²) in [5.74, 6) is -0.202.